The third-order valence-electron chi connectivity index (χ3n) is 2.86. The molecular weight excluding hydrogens is 282 g/mol. The number of amides is 2. The highest BCUT2D eigenvalue weighted by atomic mass is 16.5. The molecule has 0 saturated heterocycles. The summed E-state index contributed by atoms with van der Waals surface area (Å²) >= 11 is 0. The minimum atomic E-state index is -0.998. The van der Waals surface area contributed by atoms with Crippen molar-refractivity contribution in [3.05, 3.63) is 65.5 Å². The number of nitrogens with two attached hydrogens (primary N) is 1. The molecule has 0 aliphatic heterocycles. The highest BCUT2D eigenvalue weighted by molar-refractivity contribution is 5.70. The van der Waals surface area contributed by atoms with Crippen LogP contribution in [0.25, 0.3) is 0 Å². The highest BCUT2D eigenvalue weighted by Gasteiger charge is 2.09. The Balaban J connectivity index is 2.12. The molecule has 1 aromatic heterocycles. The van der Waals surface area contributed by atoms with Gasteiger partial charge in [0.15, 0.2) is 0 Å². The standard InChI is InChI=1S/C16H15N3O3/c17-16(21)19(22)11-12-4-3-5-13(10-12)15(20)8-7-14-6-1-2-9-18-14/h1-6,9-10,15,20,22H,11H2,(H2,17,21). The first kappa shape index (κ1) is 15.5. The van der Waals surface area contributed by atoms with Crippen molar-refractivity contribution in [2.45, 2.75) is 12.6 Å². The summed E-state index contributed by atoms with van der Waals surface area (Å²) in [6.07, 6.45) is 0.624. The molecule has 4 N–H and O–H groups in total. The van der Waals surface area contributed by atoms with Crippen molar-refractivity contribution in [2.24, 2.45) is 5.73 Å². The van der Waals surface area contributed by atoms with Crippen LogP contribution in [0.4, 0.5) is 4.79 Å². The van der Waals surface area contributed by atoms with Crippen LogP contribution in [-0.2, 0) is 6.54 Å². The van der Waals surface area contributed by atoms with Crippen LogP contribution in [0.1, 0.15) is 22.9 Å². The molecular formula is C16H15N3O3. The zero-order chi connectivity index (χ0) is 15.9. The molecule has 6 nitrogen and oxygen atoms in total. The first-order valence-corrected chi connectivity index (χ1v) is 6.51. The van der Waals surface area contributed by atoms with Crippen LogP contribution < -0.4 is 5.73 Å². The van der Waals surface area contributed by atoms with Gasteiger partial charge in [-0.05, 0) is 29.2 Å². The molecule has 0 spiro atoms. The second-order valence-corrected chi connectivity index (χ2v) is 4.53. The van der Waals surface area contributed by atoms with Crippen molar-refractivity contribution in [3.8, 4) is 11.8 Å². The number of aliphatic hydroxyl groups is 1. The zero-order valence-electron chi connectivity index (χ0n) is 11.7. The molecule has 1 unspecified atom stereocenters. The van der Waals surface area contributed by atoms with E-state index in [0.717, 1.165) is 0 Å². The number of aliphatic hydroxyl groups excluding tert-OH is 1. The quantitative estimate of drug-likeness (QED) is 0.453. The third kappa shape index (κ3) is 4.31. The summed E-state index contributed by atoms with van der Waals surface area (Å²) in [6.45, 7) is -0.0659. The van der Waals surface area contributed by atoms with Crippen LogP contribution in [0, 0.1) is 11.8 Å². The van der Waals surface area contributed by atoms with Crippen molar-refractivity contribution in [3.63, 3.8) is 0 Å². The Morgan fingerprint density at radius 3 is 2.82 bits per heavy atom. The maximum atomic E-state index is 10.8. The van der Waals surface area contributed by atoms with Crippen molar-refractivity contribution >= 4 is 6.03 Å². The van der Waals surface area contributed by atoms with Gasteiger partial charge in [-0.3, -0.25) is 5.21 Å². The summed E-state index contributed by atoms with van der Waals surface area (Å²) in [5.74, 6) is 5.47. The van der Waals surface area contributed by atoms with Crippen LogP contribution in [0.3, 0.4) is 0 Å². The molecule has 1 aromatic carbocycles. The predicted octanol–water partition coefficient (Wildman–Crippen LogP) is 1.44. The fourth-order valence-electron chi connectivity index (χ4n) is 1.77. The second-order valence-electron chi connectivity index (χ2n) is 4.53. The maximum Gasteiger partial charge on any atom is 0.338 e. The van der Waals surface area contributed by atoms with Gasteiger partial charge in [-0.15, -0.1) is 0 Å². The van der Waals surface area contributed by atoms with Gasteiger partial charge in [0.05, 0.1) is 6.54 Å². The smallest absolute Gasteiger partial charge is 0.338 e. The van der Waals surface area contributed by atoms with Gasteiger partial charge in [0, 0.05) is 6.20 Å². The molecule has 0 bridgehead atoms. The van der Waals surface area contributed by atoms with E-state index in [4.69, 9.17) is 5.73 Å². The lowest BCUT2D eigenvalue weighted by atomic mass is 10.1. The highest BCUT2D eigenvalue weighted by Crippen LogP contribution is 2.15. The molecule has 6 heteroatoms. The van der Waals surface area contributed by atoms with Gasteiger partial charge in [-0.2, -0.15) is 0 Å². The molecule has 22 heavy (non-hydrogen) atoms. The second kappa shape index (κ2) is 7.22. The van der Waals surface area contributed by atoms with Crippen molar-refractivity contribution in [1.82, 2.24) is 10.0 Å². The number of hydrogen-bond acceptors (Lipinski definition) is 4. The molecule has 0 aliphatic carbocycles. The summed E-state index contributed by atoms with van der Waals surface area (Å²) in [4.78, 5) is 14.8. The molecule has 1 atom stereocenters. The molecule has 112 valence electrons. The molecule has 2 amide bonds. The zero-order valence-corrected chi connectivity index (χ0v) is 11.7. The average Bonchev–Trinajstić information content (AvgIpc) is 2.53. The Bertz CT molecular complexity index is 707. The Morgan fingerprint density at radius 1 is 1.32 bits per heavy atom. The average molecular weight is 297 g/mol. The number of rotatable bonds is 3. The van der Waals surface area contributed by atoms with Crippen LogP contribution in [0.2, 0.25) is 0 Å². The van der Waals surface area contributed by atoms with Gasteiger partial charge in [0.1, 0.15) is 11.8 Å². The van der Waals surface area contributed by atoms with Crippen molar-refractivity contribution in [1.29, 1.82) is 0 Å². The number of hydroxylamine groups is 2. The summed E-state index contributed by atoms with van der Waals surface area (Å²) < 4.78 is 0. The molecule has 2 rings (SSSR count). The first-order chi connectivity index (χ1) is 10.6. The van der Waals surface area contributed by atoms with Crippen LogP contribution in [-0.4, -0.2) is 26.4 Å². The van der Waals surface area contributed by atoms with Crippen molar-refractivity contribution < 1.29 is 15.1 Å². The molecule has 0 fully saturated rings. The van der Waals surface area contributed by atoms with Gasteiger partial charge in [0.2, 0.25) is 0 Å². The number of urea groups is 1. The summed E-state index contributed by atoms with van der Waals surface area (Å²) in [5.41, 5.74) is 6.69. The largest absolute Gasteiger partial charge is 0.376 e. The maximum absolute atomic E-state index is 10.8. The van der Waals surface area contributed by atoms with Gasteiger partial charge in [-0.1, -0.05) is 36.3 Å². The van der Waals surface area contributed by atoms with Gasteiger partial charge >= 0.3 is 6.03 Å². The van der Waals surface area contributed by atoms with E-state index in [1.54, 1.807) is 42.6 Å². The number of pyridine rings is 1. The van der Waals surface area contributed by atoms with E-state index in [1.807, 2.05) is 6.07 Å². The first-order valence-electron chi connectivity index (χ1n) is 6.51. The lowest BCUT2D eigenvalue weighted by Gasteiger charge is -2.13. The fraction of sp³-hybridized carbons (Fsp3) is 0.125. The minimum Gasteiger partial charge on any atom is -0.376 e. The third-order valence-corrected chi connectivity index (χ3v) is 2.86. The van der Waals surface area contributed by atoms with Crippen LogP contribution in [0.5, 0.6) is 0 Å². The molecule has 0 radical (unpaired) electrons. The number of aromatic nitrogens is 1. The van der Waals surface area contributed by atoms with Gasteiger partial charge in [-0.25, -0.2) is 14.8 Å². The SMILES string of the molecule is NC(=O)N(O)Cc1cccc(C(O)C#Cc2ccccn2)c1. The van der Waals surface area contributed by atoms with E-state index in [2.05, 4.69) is 16.8 Å². The summed E-state index contributed by atoms with van der Waals surface area (Å²) in [5, 5.41) is 19.8. The predicted molar refractivity (Wildman–Crippen MR) is 79.4 cm³/mol. The lowest BCUT2D eigenvalue weighted by molar-refractivity contribution is -0.0470. The van der Waals surface area contributed by atoms with Gasteiger partial charge in [0.25, 0.3) is 0 Å². The monoisotopic (exact) mass is 297 g/mol. The molecule has 0 saturated carbocycles. The Hall–Kier alpha value is -2.88. The number of carbonyl (C=O) groups excluding carboxylic acids is 1. The van der Waals surface area contributed by atoms with E-state index in [1.165, 1.54) is 0 Å². The van der Waals surface area contributed by atoms with E-state index in [-0.39, 0.29) is 6.54 Å². The molecule has 2 aromatic rings. The van der Waals surface area contributed by atoms with Crippen molar-refractivity contribution in [2.75, 3.05) is 0 Å². The Labute approximate surface area is 127 Å². The summed E-state index contributed by atoms with van der Waals surface area (Å²) in [6, 6.07) is 11.1. The minimum absolute atomic E-state index is 0.0659. The van der Waals surface area contributed by atoms with Gasteiger partial charge < -0.3 is 10.8 Å². The number of benzene rings is 1. The number of primary amides is 1. The lowest BCUT2D eigenvalue weighted by Crippen LogP contribution is -2.32. The summed E-state index contributed by atoms with van der Waals surface area (Å²) in [7, 11) is 0. The normalized spacial score (nSPS) is 11.2. The Morgan fingerprint density at radius 2 is 2.14 bits per heavy atom. The van der Waals surface area contributed by atoms with E-state index < -0.39 is 12.1 Å². The van der Waals surface area contributed by atoms with Crippen LogP contribution >= 0.6 is 0 Å². The molecule has 1 heterocycles. The number of carbonyl (C=O) groups is 1. The van der Waals surface area contributed by atoms with E-state index in [0.29, 0.717) is 21.9 Å². The number of nitrogens with zero attached hydrogens (tertiary/aromatic N) is 2. The topological polar surface area (TPSA) is 99.7 Å². The number of hydrogen-bond donors (Lipinski definition) is 3. The van der Waals surface area contributed by atoms with Crippen LogP contribution in [0.15, 0.2) is 48.7 Å². The Kier molecular flexibility index (Phi) is 5.09. The molecule has 0 aliphatic rings. The fourth-order valence-corrected chi connectivity index (χ4v) is 1.77. The van der Waals surface area contributed by atoms with E-state index in [9.17, 15) is 15.1 Å². The van der Waals surface area contributed by atoms with E-state index >= 15 is 0 Å².